The lowest BCUT2D eigenvalue weighted by Gasteiger charge is -2.49. The van der Waals surface area contributed by atoms with Gasteiger partial charge in [-0.3, -0.25) is 4.79 Å². The van der Waals surface area contributed by atoms with Crippen molar-refractivity contribution in [3.8, 4) is 0 Å². The van der Waals surface area contributed by atoms with Crippen molar-refractivity contribution in [3.05, 3.63) is 89.5 Å². The molecular formula is C29H36N4O2. The van der Waals surface area contributed by atoms with Crippen molar-refractivity contribution in [1.82, 2.24) is 19.8 Å². The molecule has 1 N–H and O–H groups in total. The first-order chi connectivity index (χ1) is 17.1. The molecule has 3 aromatic rings. The number of hydrogen-bond acceptors (Lipinski definition) is 4. The summed E-state index contributed by atoms with van der Waals surface area (Å²) in [6, 6.07) is 18.7. The molecule has 2 aliphatic rings. The molecule has 184 valence electrons. The van der Waals surface area contributed by atoms with Crippen LogP contribution >= 0.6 is 0 Å². The van der Waals surface area contributed by atoms with Gasteiger partial charge in [0.15, 0.2) is 0 Å². The predicted molar refractivity (Wildman–Crippen MR) is 137 cm³/mol. The molecule has 1 aromatic heterocycles. The molecule has 2 fully saturated rings. The van der Waals surface area contributed by atoms with Crippen LogP contribution in [0.15, 0.2) is 67.0 Å². The van der Waals surface area contributed by atoms with Crippen molar-refractivity contribution < 1.29 is 9.53 Å². The van der Waals surface area contributed by atoms with E-state index in [0.29, 0.717) is 13.1 Å². The Hall–Kier alpha value is -2.96. The number of ether oxygens (including phenoxy) is 1. The van der Waals surface area contributed by atoms with E-state index in [9.17, 15) is 4.79 Å². The second kappa shape index (κ2) is 10.3. The first kappa shape index (κ1) is 23.8. The van der Waals surface area contributed by atoms with Crippen LogP contribution in [0.2, 0.25) is 0 Å². The van der Waals surface area contributed by atoms with E-state index >= 15 is 0 Å². The molecule has 6 heteroatoms. The van der Waals surface area contributed by atoms with E-state index in [2.05, 4.69) is 57.0 Å². The second-order valence-electron chi connectivity index (χ2n) is 9.94. The molecule has 35 heavy (non-hydrogen) atoms. The number of hydrogen-bond donors (Lipinski definition) is 1. The molecule has 0 radical (unpaired) electrons. The van der Waals surface area contributed by atoms with E-state index in [1.54, 1.807) is 0 Å². The summed E-state index contributed by atoms with van der Waals surface area (Å²) in [5, 5.41) is 3.48. The van der Waals surface area contributed by atoms with Gasteiger partial charge in [-0.2, -0.15) is 0 Å². The summed E-state index contributed by atoms with van der Waals surface area (Å²) >= 11 is 0. The van der Waals surface area contributed by atoms with Crippen molar-refractivity contribution in [2.24, 2.45) is 0 Å². The van der Waals surface area contributed by atoms with E-state index in [4.69, 9.17) is 4.74 Å². The zero-order valence-corrected chi connectivity index (χ0v) is 20.8. The molecule has 5 rings (SSSR count). The number of nitrogens with zero attached hydrogens (tertiary/aromatic N) is 3. The van der Waals surface area contributed by atoms with Gasteiger partial charge in [-0.1, -0.05) is 42.5 Å². The Balaban J connectivity index is 1.40. The molecule has 2 aliphatic heterocycles. The summed E-state index contributed by atoms with van der Waals surface area (Å²) in [7, 11) is 0. The molecule has 2 aromatic carbocycles. The van der Waals surface area contributed by atoms with E-state index in [0.717, 1.165) is 55.7 Å². The summed E-state index contributed by atoms with van der Waals surface area (Å²) in [4.78, 5) is 20.3. The van der Waals surface area contributed by atoms with Crippen LogP contribution in [0.5, 0.6) is 0 Å². The van der Waals surface area contributed by atoms with Crippen molar-refractivity contribution >= 4 is 5.91 Å². The van der Waals surface area contributed by atoms with E-state index in [-0.39, 0.29) is 23.7 Å². The molecular weight excluding hydrogens is 436 g/mol. The fourth-order valence-electron chi connectivity index (χ4n) is 5.78. The molecule has 0 aliphatic carbocycles. The normalized spacial score (nSPS) is 21.7. The van der Waals surface area contributed by atoms with Gasteiger partial charge < -0.3 is 19.5 Å². The van der Waals surface area contributed by atoms with Crippen LogP contribution in [-0.4, -0.2) is 51.6 Å². The Bertz CT molecular complexity index is 1140. The first-order valence-electron chi connectivity index (χ1n) is 12.9. The first-order valence-corrected chi connectivity index (χ1v) is 12.9. The van der Waals surface area contributed by atoms with Gasteiger partial charge in [0.05, 0.1) is 11.7 Å². The third-order valence-corrected chi connectivity index (χ3v) is 7.66. The summed E-state index contributed by atoms with van der Waals surface area (Å²) < 4.78 is 8.92. The highest BCUT2D eigenvalue weighted by Gasteiger charge is 2.45. The number of carbonyl (C=O) groups excluding carboxylic acids is 1. The smallest absolute Gasteiger partial charge is 0.254 e. The number of carbonyl (C=O) groups is 1. The largest absolute Gasteiger partial charge is 0.367 e. The summed E-state index contributed by atoms with van der Waals surface area (Å²) in [5.41, 5.74) is 2.89. The standard InChI is InChI=1S/C29H36N4O2/c1-3-33(28(34)25-11-7-8-23(18-25)21-32-17-16-31-22(32)2)26-19-27(24-9-5-4-6-10-24)35-29(20-26)12-14-30-15-13-29/h4-11,16-18,26-27,30H,3,12-15,19-21H2,1-2H3. The molecule has 2 unspecified atom stereocenters. The van der Waals surface area contributed by atoms with Gasteiger partial charge in [-0.15, -0.1) is 0 Å². The van der Waals surface area contributed by atoms with Crippen molar-refractivity contribution in [2.75, 3.05) is 19.6 Å². The van der Waals surface area contributed by atoms with Gasteiger partial charge in [0.25, 0.3) is 5.91 Å². The van der Waals surface area contributed by atoms with Gasteiger partial charge in [-0.25, -0.2) is 4.98 Å². The molecule has 6 nitrogen and oxygen atoms in total. The van der Waals surface area contributed by atoms with Gasteiger partial charge in [0, 0.05) is 37.1 Å². The number of piperidine rings is 1. The third-order valence-electron chi connectivity index (χ3n) is 7.66. The Morgan fingerprint density at radius 1 is 1.17 bits per heavy atom. The van der Waals surface area contributed by atoms with Crippen LogP contribution in [0.1, 0.15) is 66.0 Å². The number of imidazole rings is 1. The molecule has 1 amide bonds. The number of benzene rings is 2. The Kier molecular flexibility index (Phi) is 7.02. The highest BCUT2D eigenvalue weighted by molar-refractivity contribution is 5.94. The number of rotatable bonds is 6. The zero-order valence-electron chi connectivity index (χ0n) is 20.8. The van der Waals surface area contributed by atoms with Gasteiger partial charge in [0.2, 0.25) is 0 Å². The summed E-state index contributed by atoms with van der Waals surface area (Å²) in [6.07, 6.45) is 7.49. The monoisotopic (exact) mass is 472 g/mol. The SMILES string of the molecule is CCN(C(=O)c1cccc(Cn2ccnc2C)c1)C1CC(c2ccccc2)OC2(CCNCC2)C1. The maximum Gasteiger partial charge on any atom is 0.254 e. The molecule has 0 bridgehead atoms. The van der Waals surface area contributed by atoms with Crippen LogP contribution in [0.3, 0.4) is 0 Å². The topological polar surface area (TPSA) is 59.4 Å². The lowest BCUT2D eigenvalue weighted by atomic mass is 9.79. The van der Waals surface area contributed by atoms with Crippen LogP contribution in [0.4, 0.5) is 0 Å². The summed E-state index contributed by atoms with van der Waals surface area (Å²) in [5.74, 6) is 1.08. The lowest BCUT2D eigenvalue weighted by Crippen LogP contribution is -2.54. The van der Waals surface area contributed by atoms with Crippen molar-refractivity contribution in [1.29, 1.82) is 0 Å². The Morgan fingerprint density at radius 3 is 2.69 bits per heavy atom. The average molecular weight is 473 g/mol. The van der Waals surface area contributed by atoms with Crippen LogP contribution in [0.25, 0.3) is 0 Å². The highest BCUT2D eigenvalue weighted by atomic mass is 16.5. The second-order valence-corrected chi connectivity index (χ2v) is 9.94. The molecule has 0 saturated carbocycles. The zero-order chi connectivity index (χ0) is 24.3. The fraction of sp³-hybridized carbons (Fsp3) is 0.448. The summed E-state index contributed by atoms with van der Waals surface area (Å²) in [6.45, 7) is 7.41. The third kappa shape index (κ3) is 5.19. The van der Waals surface area contributed by atoms with Gasteiger partial charge in [-0.05, 0) is 75.9 Å². The maximum absolute atomic E-state index is 13.9. The number of amides is 1. The van der Waals surface area contributed by atoms with Crippen molar-refractivity contribution in [3.63, 3.8) is 0 Å². The molecule has 2 saturated heterocycles. The van der Waals surface area contributed by atoms with Crippen LogP contribution in [0, 0.1) is 6.92 Å². The quantitative estimate of drug-likeness (QED) is 0.563. The van der Waals surface area contributed by atoms with E-state index in [1.165, 1.54) is 5.56 Å². The lowest BCUT2D eigenvalue weighted by molar-refractivity contribution is -0.162. The minimum absolute atomic E-state index is 0.00505. The minimum atomic E-state index is -0.177. The van der Waals surface area contributed by atoms with Gasteiger partial charge >= 0.3 is 0 Å². The highest BCUT2D eigenvalue weighted by Crippen LogP contribution is 2.43. The average Bonchev–Trinajstić information content (AvgIpc) is 3.29. The molecule has 3 heterocycles. The molecule has 2 atom stereocenters. The Morgan fingerprint density at radius 2 is 1.97 bits per heavy atom. The minimum Gasteiger partial charge on any atom is -0.367 e. The van der Waals surface area contributed by atoms with Crippen molar-refractivity contribution in [2.45, 2.75) is 63.8 Å². The Labute approximate surface area is 208 Å². The van der Waals surface area contributed by atoms with E-state index < -0.39 is 0 Å². The van der Waals surface area contributed by atoms with Crippen LogP contribution < -0.4 is 5.32 Å². The maximum atomic E-state index is 13.9. The van der Waals surface area contributed by atoms with Gasteiger partial charge in [0.1, 0.15) is 5.82 Å². The van der Waals surface area contributed by atoms with E-state index in [1.807, 2.05) is 43.6 Å². The predicted octanol–water partition coefficient (Wildman–Crippen LogP) is 4.74. The number of nitrogens with one attached hydrogen (secondary N) is 1. The fourth-order valence-corrected chi connectivity index (χ4v) is 5.78. The molecule has 1 spiro atoms. The number of aromatic nitrogens is 2. The van der Waals surface area contributed by atoms with Crippen LogP contribution in [-0.2, 0) is 11.3 Å². The number of aryl methyl sites for hydroxylation is 1.